The molecule has 6 heteroatoms. The predicted octanol–water partition coefficient (Wildman–Crippen LogP) is 0.0839. The van der Waals surface area contributed by atoms with Crippen LogP contribution in [0.15, 0.2) is 23.4 Å². The van der Waals surface area contributed by atoms with Crippen molar-refractivity contribution in [1.82, 2.24) is 4.98 Å². The number of nitrogens with one attached hydrogen (secondary N) is 1. The molecule has 0 spiro atoms. The number of aromatic amines is 1. The molecule has 0 radical (unpaired) electrons. The molecule has 0 aliphatic rings. The maximum Gasteiger partial charge on any atom is 0.239 e. The van der Waals surface area contributed by atoms with Crippen LogP contribution in [-0.4, -0.2) is 13.4 Å². The molecule has 3 N–H and O–H groups in total. The van der Waals surface area contributed by atoms with Gasteiger partial charge < -0.3 is 4.98 Å². The van der Waals surface area contributed by atoms with E-state index in [-0.39, 0.29) is 17.3 Å². The van der Waals surface area contributed by atoms with Crippen LogP contribution in [0.2, 0.25) is 0 Å². The molecule has 1 aromatic heterocycles. The van der Waals surface area contributed by atoms with Crippen LogP contribution < -0.4 is 5.14 Å². The molecule has 1 aromatic rings. The summed E-state index contributed by atoms with van der Waals surface area (Å²) in [5.41, 5.74) is 0. The Labute approximate surface area is 64.9 Å². The van der Waals surface area contributed by atoms with Crippen LogP contribution in [0, 0.1) is 0 Å². The summed E-state index contributed by atoms with van der Waals surface area (Å²) in [4.78, 5) is 2.69. The maximum atomic E-state index is 10.5. The van der Waals surface area contributed by atoms with Gasteiger partial charge in [-0.25, -0.2) is 13.6 Å². The van der Waals surface area contributed by atoms with Gasteiger partial charge in [-0.05, 0) is 6.07 Å². The Hall–Kier alpha value is -0.520. The molecule has 0 bridgehead atoms. The minimum absolute atomic E-state index is 0. The van der Waals surface area contributed by atoms with Crippen LogP contribution in [-0.2, 0) is 10.0 Å². The Kier molecular flexibility index (Phi) is 2.89. The quantitative estimate of drug-likeness (QED) is 0.646. The van der Waals surface area contributed by atoms with E-state index in [0.29, 0.717) is 0 Å². The van der Waals surface area contributed by atoms with Crippen molar-refractivity contribution in [2.45, 2.75) is 4.90 Å². The van der Waals surface area contributed by atoms with Gasteiger partial charge in [-0.1, -0.05) is 0 Å². The fourth-order valence-corrected chi connectivity index (χ4v) is 0.976. The summed E-state index contributed by atoms with van der Waals surface area (Å²) in [5, 5.41) is 4.75. The van der Waals surface area contributed by atoms with Crippen molar-refractivity contribution >= 4 is 22.4 Å². The Morgan fingerprint density at radius 1 is 1.50 bits per heavy atom. The van der Waals surface area contributed by atoms with Crippen molar-refractivity contribution in [2.75, 3.05) is 0 Å². The lowest BCUT2D eigenvalue weighted by Gasteiger charge is -1.86. The van der Waals surface area contributed by atoms with Gasteiger partial charge in [0, 0.05) is 12.4 Å². The van der Waals surface area contributed by atoms with E-state index in [4.69, 9.17) is 5.14 Å². The molecule has 58 valence electrons. The third kappa shape index (κ3) is 2.02. The number of hydrogen-bond acceptors (Lipinski definition) is 2. The van der Waals surface area contributed by atoms with Crippen molar-refractivity contribution in [2.24, 2.45) is 5.14 Å². The van der Waals surface area contributed by atoms with Gasteiger partial charge in [0.1, 0.15) is 0 Å². The van der Waals surface area contributed by atoms with Crippen molar-refractivity contribution in [3.05, 3.63) is 18.5 Å². The SMILES string of the molecule is Cl.NS(=O)(=O)c1cc[nH]c1. The minimum atomic E-state index is -3.49. The lowest BCUT2D eigenvalue weighted by Crippen LogP contribution is -2.10. The third-order valence-corrected chi connectivity index (χ3v) is 1.81. The highest BCUT2D eigenvalue weighted by molar-refractivity contribution is 7.89. The van der Waals surface area contributed by atoms with Crippen molar-refractivity contribution in [1.29, 1.82) is 0 Å². The Balaban J connectivity index is 0.000000810. The standard InChI is InChI=1S/C4H6N2O2S.ClH/c5-9(7,8)4-1-2-6-3-4;/h1-3,6H,(H2,5,7,8);1H. The number of hydrogen-bond donors (Lipinski definition) is 2. The lowest BCUT2D eigenvalue weighted by atomic mass is 10.7. The van der Waals surface area contributed by atoms with Crippen molar-refractivity contribution in [3.63, 3.8) is 0 Å². The second kappa shape index (κ2) is 3.05. The van der Waals surface area contributed by atoms with Gasteiger partial charge in [0.05, 0.1) is 4.90 Å². The summed E-state index contributed by atoms with van der Waals surface area (Å²) in [6, 6.07) is 1.40. The summed E-state index contributed by atoms with van der Waals surface area (Å²) < 4.78 is 20.9. The van der Waals surface area contributed by atoms with E-state index in [0.717, 1.165) is 0 Å². The van der Waals surface area contributed by atoms with Gasteiger partial charge >= 0.3 is 0 Å². The number of aromatic nitrogens is 1. The van der Waals surface area contributed by atoms with Gasteiger partial charge in [-0.15, -0.1) is 12.4 Å². The monoisotopic (exact) mass is 182 g/mol. The number of primary sulfonamides is 1. The number of halogens is 1. The van der Waals surface area contributed by atoms with Crippen LogP contribution in [0.1, 0.15) is 0 Å². The van der Waals surface area contributed by atoms with E-state index < -0.39 is 10.0 Å². The van der Waals surface area contributed by atoms with Crippen LogP contribution in [0.25, 0.3) is 0 Å². The van der Waals surface area contributed by atoms with Crippen LogP contribution in [0.3, 0.4) is 0 Å². The molecule has 1 heterocycles. The van der Waals surface area contributed by atoms with E-state index in [1.54, 1.807) is 0 Å². The normalized spacial score (nSPS) is 10.5. The Morgan fingerprint density at radius 2 is 2.10 bits per heavy atom. The molecule has 0 atom stereocenters. The maximum absolute atomic E-state index is 10.5. The molecule has 0 saturated carbocycles. The number of sulfonamides is 1. The minimum Gasteiger partial charge on any atom is -0.366 e. The molecular formula is C4H7ClN2O2S. The molecule has 0 aliphatic heterocycles. The Morgan fingerprint density at radius 3 is 2.30 bits per heavy atom. The zero-order valence-corrected chi connectivity index (χ0v) is 6.58. The molecule has 0 amide bonds. The second-order valence-electron chi connectivity index (χ2n) is 1.59. The van der Waals surface area contributed by atoms with E-state index >= 15 is 0 Å². The van der Waals surface area contributed by atoms with Crippen molar-refractivity contribution in [3.8, 4) is 0 Å². The van der Waals surface area contributed by atoms with Crippen LogP contribution in [0.5, 0.6) is 0 Å². The zero-order chi connectivity index (χ0) is 6.91. The van der Waals surface area contributed by atoms with E-state index in [9.17, 15) is 8.42 Å². The first kappa shape index (κ1) is 9.48. The van der Waals surface area contributed by atoms with E-state index in [1.807, 2.05) is 0 Å². The molecule has 0 aromatic carbocycles. The van der Waals surface area contributed by atoms with E-state index in [1.165, 1.54) is 18.5 Å². The highest BCUT2D eigenvalue weighted by Gasteiger charge is 2.05. The fourth-order valence-electron chi connectivity index (χ4n) is 0.486. The first-order valence-electron chi connectivity index (χ1n) is 2.26. The first-order chi connectivity index (χ1) is 4.11. The van der Waals surface area contributed by atoms with E-state index in [2.05, 4.69) is 4.98 Å². The molecule has 0 unspecified atom stereocenters. The zero-order valence-electron chi connectivity index (χ0n) is 4.94. The summed E-state index contributed by atoms with van der Waals surface area (Å²) in [5.74, 6) is 0. The number of nitrogens with two attached hydrogens (primary N) is 1. The Bertz CT molecular complexity index is 278. The summed E-state index contributed by atoms with van der Waals surface area (Å²) in [6.45, 7) is 0. The molecule has 0 saturated heterocycles. The first-order valence-corrected chi connectivity index (χ1v) is 3.81. The van der Waals surface area contributed by atoms with Gasteiger partial charge in [-0.3, -0.25) is 0 Å². The van der Waals surface area contributed by atoms with Gasteiger partial charge in [0.15, 0.2) is 0 Å². The highest BCUT2D eigenvalue weighted by atomic mass is 35.5. The second-order valence-corrected chi connectivity index (χ2v) is 3.15. The lowest BCUT2D eigenvalue weighted by molar-refractivity contribution is 0.598. The molecule has 0 aliphatic carbocycles. The topological polar surface area (TPSA) is 76.0 Å². The molecule has 10 heavy (non-hydrogen) atoms. The average Bonchev–Trinajstić information content (AvgIpc) is 2.08. The smallest absolute Gasteiger partial charge is 0.239 e. The number of rotatable bonds is 1. The predicted molar refractivity (Wildman–Crippen MR) is 39.4 cm³/mol. The van der Waals surface area contributed by atoms with Gasteiger partial charge in [0.2, 0.25) is 10.0 Å². The summed E-state index contributed by atoms with van der Waals surface area (Å²) >= 11 is 0. The van der Waals surface area contributed by atoms with Crippen LogP contribution >= 0.6 is 12.4 Å². The fraction of sp³-hybridized carbons (Fsp3) is 0. The van der Waals surface area contributed by atoms with Crippen molar-refractivity contribution < 1.29 is 8.42 Å². The van der Waals surface area contributed by atoms with Gasteiger partial charge in [-0.2, -0.15) is 0 Å². The molecule has 4 nitrogen and oxygen atoms in total. The highest BCUT2D eigenvalue weighted by Crippen LogP contribution is 2.01. The largest absolute Gasteiger partial charge is 0.366 e. The van der Waals surface area contributed by atoms with Gasteiger partial charge in [0.25, 0.3) is 0 Å². The third-order valence-electron chi connectivity index (χ3n) is 0.898. The summed E-state index contributed by atoms with van der Waals surface area (Å²) in [6.07, 6.45) is 2.83. The van der Waals surface area contributed by atoms with Crippen LogP contribution in [0.4, 0.5) is 0 Å². The summed E-state index contributed by atoms with van der Waals surface area (Å²) in [7, 11) is -3.49. The number of H-pyrrole nitrogens is 1. The molecule has 0 fully saturated rings. The average molecular weight is 183 g/mol. The molecular weight excluding hydrogens is 176 g/mol. The molecule has 1 rings (SSSR count).